The maximum absolute atomic E-state index is 11.4. The van der Waals surface area contributed by atoms with Gasteiger partial charge in [-0.1, -0.05) is 15.9 Å². The predicted molar refractivity (Wildman–Crippen MR) is 53.5 cm³/mol. The second-order valence-electron chi connectivity index (χ2n) is 3.25. The molecule has 0 saturated carbocycles. The first-order valence-corrected chi connectivity index (χ1v) is 4.94. The van der Waals surface area contributed by atoms with Crippen molar-refractivity contribution < 1.29 is 14.7 Å². The van der Waals surface area contributed by atoms with Crippen molar-refractivity contribution in [2.24, 2.45) is 0 Å². The van der Waals surface area contributed by atoms with Gasteiger partial charge in [0.05, 0.1) is 5.92 Å². The molecule has 1 aromatic carbocycles. The molecule has 1 aliphatic carbocycles. The van der Waals surface area contributed by atoms with Gasteiger partial charge in [-0.15, -0.1) is 0 Å². The third kappa shape index (κ3) is 1.35. The van der Waals surface area contributed by atoms with Crippen LogP contribution < -0.4 is 0 Å². The van der Waals surface area contributed by atoms with Crippen LogP contribution in [0, 0.1) is 0 Å². The van der Waals surface area contributed by atoms with E-state index in [0.29, 0.717) is 11.1 Å². The van der Waals surface area contributed by atoms with Crippen LogP contribution in [0.2, 0.25) is 0 Å². The van der Waals surface area contributed by atoms with Crippen LogP contribution in [-0.2, 0) is 4.79 Å². The van der Waals surface area contributed by atoms with E-state index in [1.54, 1.807) is 18.2 Å². The average Bonchev–Trinajstić information content (AvgIpc) is 2.43. The van der Waals surface area contributed by atoms with Gasteiger partial charge in [-0.25, -0.2) is 0 Å². The van der Waals surface area contributed by atoms with Gasteiger partial charge in [0.1, 0.15) is 0 Å². The minimum atomic E-state index is -0.935. The van der Waals surface area contributed by atoms with Crippen LogP contribution in [0.15, 0.2) is 22.7 Å². The minimum absolute atomic E-state index is 0.0834. The molecule has 0 bridgehead atoms. The molecule has 1 aromatic rings. The normalized spacial score (nSPS) is 19.5. The Morgan fingerprint density at radius 2 is 2.21 bits per heavy atom. The Hall–Kier alpha value is -1.16. The zero-order valence-electron chi connectivity index (χ0n) is 7.16. The molecule has 1 unspecified atom stereocenters. The maximum Gasteiger partial charge on any atom is 0.311 e. The lowest BCUT2D eigenvalue weighted by molar-refractivity contribution is -0.138. The Balaban J connectivity index is 2.56. The van der Waals surface area contributed by atoms with Crippen LogP contribution in [0.4, 0.5) is 0 Å². The minimum Gasteiger partial charge on any atom is -0.481 e. The number of fused-ring (bicyclic) bond motifs is 1. The highest BCUT2D eigenvalue weighted by Gasteiger charge is 2.34. The van der Waals surface area contributed by atoms with E-state index in [1.165, 1.54) is 0 Å². The van der Waals surface area contributed by atoms with Crippen LogP contribution in [-0.4, -0.2) is 16.9 Å². The molecular weight excluding hydrogens is 248 g/mol. The SMILES string of the molecule is O=C1CC(C(=O)O)c2cc(Br)ccc21. The van der Waals surface area contributed by atoms with Crippen molar-refractivity contribution in [3.05, 3.63) is 33.8 Å². The summed E-state index contributed by atoms with van der Waals surface area (Å²) in [4.78, 5) is 22.3. The van der Waals surface area contributed by atoms with Crippen molar-refractivity contribution in [2.75, 3.05) is 0 Å². The molecule has 2 rings (SSSR count). The molecule has 4 heteroatoms. The summed E-state index contributed by atoms with van der Waals surface area (Å²) in [6.45, 7) is 0. The fraction of sp³-hybridized carbons (Fsp3) is 0.200. The summed E-state index contributed by atoms with van der Waals surface area (Å²) in [5.74, 6) is -1.69. The molecule has 0 aliphatic heterocycles. The van der Waals surface area contributed by atoms with Gasteiger partial charge in [0.15, 0.2) is 5.78 Å². The highest BCUT2D eigenvalue weighted by Crippen LogP contribution is 2.34. The van der Waals surface area contributed by atoms with Crippen LogP contribution in [0.3, 0.4) is 0 Å². The Morgan fingerprint density at radius 3 is 2.86 bits per heavy atom. The van der Waals surface area contributed by atoms with Gasteiger partial charge in [-0.05, 0) is 23.8 Å². The van der Waals surface area contributed by atoms with Crippen molar-refractivity contribution in [1.29, 1.82) is 0 Å². The van der Waals surface area contributed by atoms with E-state index in [-0.39, 0.29) is 12.2 Å². The zero-order valence-corrected chi connectivity index (χ0v) is 8.74. The zero-order chi connectivity index (χ0) is 10.3. The fourth-order valence-electron chi connectivity index (χ4n) is 1.70. The first-order valence-electron chi connectivity index (χ1n) is 4.15. The number of hydrogen-bond donors (Lipinski definition) is 1. The lowest BCUT2D eigenvalue weighted by Crippen LogP contribution is -2.08. The summed E-state index contributed by atoms with van der Waals surface area (Å²) in [7, 11) is 0. The molecule has 0 fully saturated rings. The summed E-state index contributed by atoms with van der Waals surface area (Å²) in [6.07, 6.45) is 0.0844. The van der Waals surface area contributed by atoms with Crippen molar-refractivity contribution in [3.8, 4) is 0 Å². The number of halogens is 1. The van der Waals surface area contributed by atoms with Crippen LogP contribution in [0.5, 0.6) is 0 Å². The van der Waals surface area contributed by atoms with Crippen LogP contribution in [0.1, 0.15) is 28.3 Å². The highest BCUT2D eigenvalue weighted by atomic mass is 79.9. The molecule has 0 saturated heterocycles. The van der Waals surface area contributed by atoms with E-state index in [2.05, 4.69) is 15.9 Å². The van der Waals surface area contributed by atoms with Crippen molar-refractivity contribution in [1.82, 2.24) is 0 Å². The van der Waals surface area contributed by atoms with Gasteiger partial charge in [-0.3, -0.25) is 9.59 Å². The largest absolute Gasteiger partial charge is 0.481 e. The fourth-order valence-corrected chi connectivity index (χ4v) is 2.08. The van der Waals surface area contributed by atoms with Gasteiger partial charge in [0, 0.05) is 16.5 Å². The molecule has 3 nitrogen and oxygen atoms in total. The quantitative estimate of drug-likeness (QED) is 0.836. The molecule has 0 amide bonds. The number of rotatable bonds is 1. The number of aliphatic carboxylic acids is 1. The number of carbonyl (C=O) groups excluding carboxylic acids is 1. The summed E-state index contributed by atoms with van der Waals surface area (Å²) in [5.41, 5.74) is 1.16. The van der Waals surface area contributed by atoms with E-state index in [4.69, 9.17) is 5.11 Å². The van der Waals surface area contributed by atoms with Crippen molar-refractivity contribution in [3.63, 3.8) is 0 Å². The summed E-state index contributed by atoms with van der Waals surface area (Å²) in [6, 6.07) is 5.13. The number of benzene rings is 1. The van der Waals surface area contributed by atoms with Gasteiger partial charge < -0.3 is 5.11 Å². The number of ketones is 1. The molecule has 0 heterocycles. The van der Waals surface area contributed by atoms with Gasteiger partial charge in [0.2, 0.25) is 0 Å². The Kier molecular flexibility index (Phi) is 2.15. The third-order valence-electron chi connectivity index (χ3n) is 2.38. The molecule has 0 aromatic heterocycles. The molecule has 14 heavy (non-hydrogen) atoms. The predicted octanol–water partition coefficient (Wildman–Crippen LogP) is 2.20. The topological polar surface area (TPSA) is 54.4 Å². The van der Waals surface area contributed by atoms with E-state index >= 15 is 0 Å². The Bertz CT molecular complexity index is 425. The molecule has 1 atom stereocenters. The molecular formula is C10H7BrO3. The number of carbonyl (C=O) groups is 2. The first kappa shape index (κ1) is 9.40. The van der Waals surface area contributed by atoms with E-state index in [1.807, 2.05) is 0 Å². The smallest absolute Gasteiger partial charge is 0.311 e. The van der Waals surface area contributed by atoms with Crippen LogP contribution >= 0.6 is 15.9 Å². The van der Waals surface area contributed by atoms with Crippen molar-refractivity contribution in [2.45, 2.75) is 12.3 Å². The second kappa shape index (κ2) is 3.20. The number of hydrogen-bond acceptors (Lipinski definition) is 2. The lowest BCUT2D eigenvalue weighted by atomic mass is 10.0. The van der Waals surface area contributed by atoms with E-state index < -0.39 is 11.9 Å². The number of carboxylic acids is 1. The maximum atomic E-state index is 11.4. The Labute approximate surface area is 88.9 Å². The summed E-state index contributed by atoms with van der Waals surface area (Å²) in [5, 5.41) is 8.90. The molecule has 72 valence electrons. The van der Waals surface area contributed by atoms with Gasteiger partial charge in [0.25, 0.3) is 0 Å². The molecule has 1 aliphatic rings. The third-order valence-corrected chi connectivity index (χ3v) is 2.87. The van der Waals surface area contributed by atoms with Gasteiger partial charge in [-0.2, -0.15) is 0 Å². The summed E-state index contributed by atoms with van der Waals surface area (Å²) < 4.78 is 0.803. The number of carboxylic acid groups (broad SMARTS) is 1. The van der Waals surface area contributed by atoms with E-state index in [9.17, 15) is 9.59 Å². The second-order valence-corrected chi connectivity index (χ2v) is 4.17. The lowest BCUT2D eigenvalue weighted by Gasteiger charge is -2.04. The monoisotopic (exact) mass is 254 g/mol. The average molecular weight is 255 g/mol. The standard InChI is InChI=1S/C10H7BrO3/c11-5-1-2-6-7(3-5)8(10(13)14)4-9(6)12/h1-3,8H,4H2,(H,13,14). The highest BCUT2D eigenvalue weighted by molar-refractivity contribution is 9.10. The number of Topliss-reactive ketones (excluding diaryl/α,β-unsaturated/α-hetero) is 1. The molecule has 0 radical (unpaired) electrons. The molecule has 0 spiro atoms. The van der Waals surface area contributed by atoms with Crippen LogP contribution in [0.25, 0.3) is 0 Å². The van der Waals surface area contributed by atoms with Gasteiger partial charge >= 0.3 is 5.97 Å². The van der Waals surface area contributed by atoms with Crippen molar-refractivity contribution >= 4 is 27.7 Å². The Morgan fingerprint density at radius 1 is 1.50 bits per heavy atom. The first-order chi connectivity index (χ1) is 6.59. The molecule has 1 N–H and O–H groups in total. The summed E-state index contributed by atoms with van der Waals surface area (Å²) >= 11 is 3.26. The van der Waals surface area contributed by atoms with E-state index in [0.717, 1.165) is 4.47 Å².